The Morgan fingerprint density at radius 3 is 2.47 bits per heavy atom. The maximum absolute atomic E-state index is 12.4. The lowest BCUT2D eigenvalue weighted by molar-refractivity contribution is 0.102. The van der Waals surface area contributed by atoms with E-state index in [0.717, 1.165) is 55.5 Å². The van der Waals surface area contributed by atoms with Crippen molar-refractivity contribution in [1.29, 1.82) is 0 Å². The first-order valence-electron chi connectivity index (χ1n) is 10.8. The molecule has 166 valence electrons. The number of rotatable bonds is 6. The standard InChI is InChI=1S/C24H26N4O4/c1-17-2-5-19(6-3-17)25-24(29)20-15-30-23(26-20)14-28-10-8-27(9-11-28)13-18-4-7-21-22(12-18)32-16-31-21/h2-7,12,15H,8-11,13-14,16H2,1H3,(H,25,29). The summed E-state index contributed by atoms with van der Waals surface area (Å²) < 4.78 is 16.4. The normalized spacial score (nSPS) is 16.3. The van der Waals surface area contributed by atoms with E-state index in [1.165, 1.54) is 11.8 Å². The highest BCUT2D eigenvalue weighted by molar-refractivity contribution is 6.02. The van der Waals surface area contributed by atoms with Crippen LogP contribution in [0.25, 0.3) is 0 Å². The second-order valence-electron chi connectivity index (χ2n) is 8.19. The van der Waals surface area contributed by atoms with Gasteiger partial charge in [-0.3, -0.25) is 14.6 Å². The zero-order chi connectivity index (χ0) is 21.9. The third-order valence-corrected chi connectivity index (χ3v) is 5.76. The first-order valence-corrected chi connectivity index (χ1v) is 10.8. The van der Waals surface area contributed by atoms with E-state index in [4.69, 9.17) is 13.9 Å². The van der Waals surface area contributed by atoms with Crippen molar-refractivity contribution in [1.82, 2.24) is 14.8 Å². The molecule has 1 aromatic heterocycles. The predicted octanol–water partition coefficient (Wildman–Crippen LogP) is 3.28. The van der Waals surface area contributed by atoms with E-state index < -0.39 is 0 Å². The number of carbonyl (C=O) groups excluding carboxylic acids is 1. The molecule has 1 N–H and O–H groups in total. The van der Waals surface area contributed by atoms with Gasteiger partial charge in [-0.15, -0.1) is 0 Å². The number of hydrogen-bond acceptors (Lipinski definition) is 7. The Hall–Kier alpha value is -3.36. The molecule has 0 spiro atoms. The molecule has 3 heterocycles. The zero-order valence-corrected chi connectivity index (χ0v) is 18.0. The van der Waals surface area contributed by atoms with Gasteiger partial charge in [-0.05, 0) is 36.8 Å². The minimum atomic E-state index is -0.266. The van der Waals surface area contributed by atoms with Crippen LogP contribution in [0.1, 0.15) is 27.5 Å². The number of aryl methyl sites for hydroxylation is 1. The molecule has 8 nitrogen and oxygen atoms in total. The molecule has 2 aliphatic heterocycles. The molecule has 5 rings (SSSR count). The molecular weight excluding hydrogens is 408 g/mol. The van der Waals surface area contributed by atoms with Crippen LogP contribution in [-0.2, 0) is 13.1 Å². The molecule has 0 unspecified atom stereocenters. The fourth-order valence-electron chi connectivity index (χ4n) is 3.91. The van der Waals surface area contributed by atoms with Crippen molar-refractivity contribution in [2.45, 2.75) is 20.0 Å². The van der Waals surface area contributed by atoms with E-state index in [2.05, 4.69) is 32.2 Å². The second-order valence-corrected chi connectivity index (χ2v) is 8.19. The van der Waals surface area contributed by atoms with Gasteiger partial charge in [-0.25, -0.2) is 4.98 Å². The van der Waals surface area contributed by atoms with Gasteiger partial charge in [0.15, 0.2) is 17.2 Å². The fraction of sp³-hybridized carbons (Fsp3) is 0.333. The zero-order valence-electron chi connectivity index (χ0n) is 18.0. The van der Waals surface area contributed by atoms with Crippen molar-refractivity contribution in [3.63, 3.8) is 0 Å². The highest BCUT2D eigenvalue weighted by Crippen LogP contribution is 2.32. The first-order chi connectivity index (χ1) is 15.6. The summed E-state index contributed by atoms with van der Waals surface area (Å²) in [5.41, 5.74) is 3.40. The van der Waals surface area contributed by atoms with Crippen molar-refractivity contribution >= 4 is 11.6 Å². The summed E-state index contributed by atoms with van der Waals surface area (Å²) in [4.78, 5) is 21.5. The van der Waals surface area contributed by atoms with Gasteiger partial charge in [0.1, 0.15) is 6.26 Å². The highest BCUT2D eigenvalue weighted by Gasteiger charge is 2.21. The number of ether oxygens (including phenoxy) is 2. The maximum Gasteiger partial charge on any atom is 0.277 e. The van der Waals surface area contributed by atoms with E-state index in [-0.39, 0.29) is 5.91 Å². The Kier molecular flexibility index (Phi) is 5.79. The van der Waals surface area contributed by atoms with E-state index in [1.54, 1.807) is 0 Å². The van der Waals surface area contributed by atoms with Gasteiger partial charge in [-0.1, -0.05) is 23.8 Å². The Labute approximate surface area is 186 Å². The van der Waals surface area contributed by atoms with E-state index >= 15 is 0 Å². The van der Waals surface area contributed by atoms with E-state index in [1.807, 2.05) is 37.3 Å². The summed E-state index contributed by atoms with van der Waals surface area (Å²) in [6, 6.07) is 13.8. The molecule has 3 aromatic rings. The lowest BCUT2D eigenvalue weighted by atomic mass is 10.1. The molecule has 32 heavy (non-hydrogen) atoms. The predicted molar refractivity (Wildman–Crippen MR) is 119 cm³/mol. The first kappa shape index (κ1) is 20.5. The van der Waals surface area contributed by atoms with Gasteiger partial charge in [-0.2, -0.15) is 0 Å². The smallest absolute Gasteiger partial charge is 0.277 e. The third kappa shape index (κ3) is 4.76. The number of piperazine rings is 1. The number of oxazole rings is 1. The third-order valence-electron chi connectivity index (χ3n) is 5.76. The highest BCUT2D eigenvalue weighted by atomic mass is 16.7. The van der Waals surface area contributed by atoms with Crippen LogP contribution >= 0.6 is 0 Å². The summed E-state index contributed by atoms with van der Waals surface area (Å²) >= 11 is 0. The molecular formula is C24H26N4O4. The van der Waals surface area contributed by atoms with Crippen molar-refractivity contribution < 1.29 is 18.7 Å². The van der Waals surface area contributed by atoms with E-state index in [0.29, 0.717) is 24.9 Å². The van der Waals surface area contributed by atoms with Gasteiger partial charge in [0.05, 0.1) is 6.54 Å². The largest absolute Gasteiger partial charge is 0.454 e. The molecule has 1 saturated heterocycles. The Morgan fingerprint density at radius 1 is 0.969 bits per heavy atom. The number of nitrogens with zero attached hydrogens (tertiary/aromatic N) is 3. The molecule has 0 atom stereocenters. The van der Waals surface area contributed by atoms with Crippen LogP contribution in [0, 0.1) is 6.92 Å². The number of anilines is 1. The molecule has 1 fully saturated rings. The summed E-state index contributed by atoms with van der Waals surface area (Å²) in [5, 5.41) is 2.85. The molecule has 8 heteroatoms. The molecule has 0 bridgehead atoms. The number of carbonyl (C=O) groups is 1. The quantitative estimate of drug-likeness (QED) is 0.638. The van der Waals surface area contributed by atoms with Crippen LogP contribution in [0.5, 0.6) is 11.5 Å². The van der Waals surface area contributed by atoms with Crippen molar-refractivity contribution in [3.8, 4) is 11.5 Å². The number of nitrogens with one attached hydrogen (secondary N) is 1. The number of amides is 1. The van der Waals surface area contributed by atoms with Gasteiger partial charge >= 0.3 is 0 Å². The topological polar surface area (TPSA) is 80.1 Å². The van der Waals surface area contributed by atoms with Crippen LogP contribution in [0.3, 0.4) is 0 Å². The van der Waals surface area contributed by atoms with Gasteiger partial charge in [0.25, 0.3) is 5.91 Å². The van der Waals surface area contributed by atoms with Crippen LogP contribution in [-0.4, -0.2) is 53.7 Å². The minimum absolute atomic E-state index is 0.266. The van der Waals surface area contributed by atoms with Crippen LogP contribution in [0.4, 0.5) is 5.69 Å². The maximum atomic E-state index is 12.4. The number of hydrogen-bond donors (Lipinski definition) is 1. The monoisotopic (exact) mass is 434 g/mol. The summed E-state index contributed by atoms with van der Waals surface area (Å²) in [6.07, 6.45) is 1.43. The molecule has 2 aliphatic rings. The Balaban J connectivity index is 1.10. The van der Waals surface area contributed by atoms with Gasteiger partial charge < -0.3 is 19.2 Å². The van der Waals surface area contributed by atoms with Crippen molar-refractivity contribution in [2.24, 2.45) is 0 Å². The van der Waals surface area contributed by atoms with Crippen molar-refractivity contribution in [2.75, 3.05) is 38.3 Å². The van der Waals surface area contributed by atoms with Crippen LogP contribution < -0.4 is 14.8 Å². The second kappa shape index (κ2) is 9.02. The Morgan fingerprint density at radius 2 is 1.69 bits per heavy atom. The van der Waals surface area contributed by atoms with Gasteiger partial charge in [0, 0.05) is 38.4 Å². The molecule has 0 radical (unpaired) electrons. The lowest BCUT2D eigenvalue weighted by Crippen LogP contribution is -2.45. The van der Waals surface area contributed by atoms with Gasteiger partial charge in [0.2, 0.25) is 12.7 Å². The molecule has 0 aliphatic carbocycles. The number of aromatic nitrogens is 1. The van der Waals surface area contributed by atoms with Crippen LogP contribution in [0.2, 0.25) is 0 Å². The lowest BCUT2D eigenvalue weighted by Gasteiger charge is -2.34. The average molecular weight is 434 g/mol. The fourth-order valence-corrected chi connectivity index (χ4v) is 3.91. The van der Waals surface area contributed by atoms with Crippen molar-refractivity contribution in [3.05, 3.63) is 71.4 Å². The van der Waals surface area contributed by atoms with E-state index in [9.17, 15) is 4.79 Å². The average Bonchev–Trinajstić information content (AvgIpc) is 3.46. The summed E-state index contributed by atoms with van der Waals surface area (Å²) in [5.74, 6) is 1.93. The minimum Gasteiger partial charge on any atom is -0.454 e. The molecule has 2 aromatic carbocycles. The molecule has 0 saturated carbocycles. The SMILES string of the molecule is Cc1ccc(NC(=O)c2coc(CN3CCN(Cc4ccc5c(c4)OCO5)CC3)n2)cc1. The van der Waals surface area contributed by atoms with Crippen LogP contribution in [0.15, 0.2) is 53.1 Å². The Bertz CT molecular complexity index is 1090. The summed E-state index contributed by atoms with van der Waals surface area (Å²) in [7, 11) is 0. The molecule has 1 amide bonds. The number of fused-ring (bicyclic) bond motifs is 1. The summed E-state index contributed by atoms with van der Waals surface area (Å²) in [6.45, 7) is 7.52. The number of benzene rings is 2.